The second-order valence-corrected chi connectivity index (χ2v) is 5.94. The lowest BCUT2D eigenvalue weighted by molar-refractivity contribution is -0.139. The molecule has 0 saturated heterocycles. The Balaban J connectivity index is 2.18. The van der Waals surface area contributed by atoms with E-state index in [1.54, 1.807) is 42.2 Å². The average Bonchev–Trinajstić information content (AvgIpc) is 2.91. The van der Waals surface area contributed by atoms with Gasteiger partial charge in [0.2, 0.25) is 0 Å². The smallest absolute Gasteiger partial charge is 0.326 e. The lowest BCUT2D eigenvalue weighted by atomic mass is 10.0. The van der Waals surface area contributed by atoms with Gasteiger partial charge < -0.3 is 15.2 Å². The summed E-state index contributed by atoms with van der Waals surface area (Å²) in [6, 6.07) is 5.74. The van der Waals surface area contributed by atoms with Gasteiger partial charge in [-0.1, -0.05) is 26.0 Å². The van der Waals surface area contributed by atoms with Crippen molar-refractivity contribution in [3.63, 3.8) is 0 Å². The molecular formula is C17H21N3O4. The molecule has 1 atom stereocenters. The predicted octanol–water partition coefficient (Wildman–Crippen LogP) is 2.44. The van der Waals surface area contributed by atoms with Gasteiger partial charge in [-0.2, -0.15) is 5.10 Å². The molecule has 24 heavy (non-hydrogen) atoms. The Morgan fingerprint density at radius 2 is 2.04 bits per heavy atom. The fourth-order valence-electron chi connectivity index (χ4n) is 2.25. The van der Waals surface area contributed by atoms with Crippen LogP contribution in [0.4, 0.5) is 0 Å². The zero-order valence-electron chi connectivity index (χ0n) is 13.9. The van der Waals surface area contributed by atoms with Gasteiger partial charge in [-0.15, -0.1) is 0 Å². The van der Waals surface area contributed by atoms with Crippen LogP contribution in [0.1, 0.15) is 30.6 Å². The summed E-state index contributed by atoms with van der Waals surface area (Å²) in [5.41, 5.74) is 0.274. The van der Waals surface area contributed by atoms with Gasteiger partial charge in [0.05, 0.1) is 18.0 Å². The summed E-state index contributed by atoms with van der Waals surface area (Å²) in [6.07, 6.45) is 3.56. The van der Waals surface area contributed by atoms with Crippen molar-refractivity contribution in [2.45, 2.75) is 26.3 Å². The van der Waals surface area contributed by atoms with Crippen molar-refractivity contribution in [1.82, 2.24) is 15.1 Å². The van der Waals surface area contributed by atoms with E-state index in [0.717, 1.165) is 0 Å². The highest BCUT2D eigenvalue weighted by Gasteiger charge is 2.23. The third kappa shape index (κ3) is 4.58. The third-order valence-electron chi connectivity index (χ3n) is 3.35. The van der Waals surface area contributed by atoms with Gasteiger partial charge in [-0.05, 0) is 24.5 Å². The number of carbonyl (C=O) groups is 2. The summed E-state index contributed by atoms with van der Waals surface area (Å²) in [5.74, 6) is -0.551. The first kappa shape index (κ1) is 17.5. The van der Waals surface area contributed by atoms with E-state index in [1.165, 1.54) is 6.20 Å². The summed E-state index contributed by atoms with van der Waals surface area (Å²) >= 11 is 0. The number of nitrogens with one attached hydrogen (secondary N) is 1. The third-order valence-corrected chi connectivity index (χ3v) is 3.35. The molecule has 1 aromatic heterocycles. The number of aliphatic carboxylic acids is 1. The number of ether oxygens (including phenoxy) is 1. The number of carbonyl (C=O) groups excluding carboxylic acids is 1. The molecule has 0 aliphatic heterocycles. The molecule has 0 saturated carbocycles. The van der Waals surface area contributed by atoms with Gasteiger partial charge in [0.15, 0.2) is 5.75 Å². The maximum Gasteiger partial charge on any atom is 0.326 e. The van der Waals surface area contributed by atoms with E-state index in [-0.39, 0.29) is 11.5 Å². The first-order valence-corrected chi connectivity index (χ1v) is 7.66. The number of carboxylic acids is 1. The second kappa shape index (κ2) is 7.63. The van der Waals surface area contributed by atoms with Crippen LogP contribution in [0.5, 0.6) is 11.5 Å². The van der Waals surface area contributed by atoms with Crippen LogP contribution in [0, 0.1) is 5.92 Å². The van der Waals surface area contributed by atoms with E-state index >= 15 is 0 Å². The van der Waals surface area contributed by atoms with Crippen LogP contribution in [-0.4, -0.2) is 32.8 Å². The Hall–Kier alpha value is -2.83. The van der Waals surface area contributed by atoms with Crippen LogP contribution in [0.25, 0.3) is 0 Å². The highest BCUT2D eigenvalue weighted by atomic mass is 16.5. The van der Waals surface area contributed by atoms with Crippen LogP contribution in [0.2, 0.25) is 0 Å². The monoisotopic (exact) mass is 331 g/mol. The van der Waals surface area contributed by atoms with Crippen molar-refractivity contribution in [2.24, 2.45) is 13.0 Å². The SMILES string of the molecule is CC(C)C[C@@H](NC(=O)c1ccccc1Oc1cnn(C)c1)C(=O)O. The van der Waals surface area contributed by atoms with Crippen molar-refractivity contribution in [3.8, 4) is 11.5 Å². The van der Waals surface area contributed by atoms with Crippen LogP contribution in [-0.2, 0) is 11.8 Å². The van der Waals surface area contributed by atoms with Gasteiger partial charge in [0, 0.05) is 7.05 Å². The van der Waals surface area contributed by atoms with E-state index in [9.17, 15) is 14.7 Å². The molecule has 0 fully saturated rings. The summed E-state index contributed by atoms with van der Waals surface area (Å²) in [6.45, 7) is 3.81. The quantitative estimate of drug-likeness (QED) is 0.813. The summed E-state index contributed by atoms with van der Waals surface area (Å²) in [5, 5.41) is 15.8. The zero-order valence-corrected chi connectivity index (χ0v) is 13.9. The molecule has 7 heteroatoms. The number of rotatable bonds is 7. The van der Waals surface area contributed by atoms with E-state index < -0.39 is 17.9 Å². The van der Waals surface area contributed by atoms with Crippen molar-refractivity contribution in [3.05, 3.63) is 42.2 Å². The topological polar surface area (TPSA) is 93.5 Å². The maximum absolute atomic E-state index is 12.5. The first-order chi connectivity index (χ1) is 11.4. The van der Waals surface area contributed by atoms with Crippen molar-refractivity contribution >= 4 is 11.9 Å². The minimum atomic E-state index is -1.05. The summed E-state index contributed by atoms with van der Waals surface area (Å²) in [4.78, 5) is 23.8. The lowest BCUT2D eigenvalue weighted by Gasteiger charge is -2.17. The molecule has 0 aliphatic carbocycles. The van der Waals surface area contributed by atoms with Gasteiger partial charge in [0.25, 0.3) is 5.91 Å². The Labute approximate surface area is 140 Å². The lowest BCUT2D eigenvalue weighted by Crippen LogP contribution is -2.41. The summed E-state index contributed by atoms with van der Waals surface area (Å²) < 4.78 is 7.27. The van der Waals surface area contributed by atoms with E-state index in [2.05, 4.69) is 10.4 Å². The first-order valence-electron chi connectivity index (χ1n) is 7.66. The molecule has 7 nitrogen and oxygen atoms in total. The fraction of sp³-hybridized carbons (Fsp3) is 0.353. The molecule has 2 N–H and O–H groups in total. The Morgan fingerprint density at radius 1 is 1.33 bits per heavy atom. The number of hydrogen-bond donors (Lipinski definition) is 2. The number of para-hydroxylation sites is 1. The molecule has 0 aliphatic rings. The minimum absolute atomic E-state index is 0.147. The molecule has 128 valence electrons. The molecule has 2 rings (SSSR count). The number of aromatic nitrogens is 2. The highest BCUT2D eigenvalue weighted by molar-refractivity contribution is 5.99. The van der Waals surface area contributed by atoms with E-state index in [0.29, 0.717) is 17.9 Å². The zero-order chi connectivity index (χ0) is 17.7. The molecule has 0 spiro atoms. The van der Waals surface area contributed by atoms with Gasteiger partial charge >= 0.3 is 5.97 Å². The van der Waals surface area contributed by atoms with Gasteiger partial charge in [0.1, 0.15) is 11.8 Å². The molecule has 1 aromatic carbocycles. The Bertz CT molecular complexity index is 724. The average molecular weight is 331 g/mol. The largest absolute Gasteiger partial charge is 0.480 e. The fourth-order valence-corrected chi connectivity index (χ4v) is 2.25. The Kier molecular flexibility index (Phi) is 5.57. The number of nitrogens with zero attached hydrogens (tertiary/aromatic N) is 2. The van der Waals surface area contributed by atoms with Crippen LogP contribution in [0.15, 0.2) is 36.7 Å². The molecule has 0 radical (unpaired) electrons. The van der Waals surface area contributed by atoms with Crippen LogP contribution in [0.3, 0.4) is 0 Å². The van der Waals surface area contributed by atoms with Gasteiger partial charge in [-0.3, -0.25) is 9.48 Å². The van der Waals surface area contributed by atoms with Crippen molar-refractivity contribution in [1.29, 1.82) is 0 Å². The molecule has 0 bridgehead atoms. The van der Waals surface area contributed by atoms with Gasteiger partial charge in [-0.25, -0.2) is 4.79 Å². The number of amides is 1. The van der Waals surface area contributed by atoms with Crippen LogP contribution < -0.4 is 10.1 Å². The molecule has 1 amide bonds. The minimum Gasteiger partial charge on any atom is -0.480 e. The number of benzene rings is 1. The predicted molar refractivity (Wildman–Crippen MR) is 88.1 cm³/mol. The summed E-state index contributed by atoms with van der Waals surface area (Å²) in [7, 11) is 1.76. The molecule has 2 aromatic rings. The van der Waals surface area contributed by atoms with Crippen LogP contribution >= 0.6 is 0 Å². The highest BCUT2D eigenvalue weighted by Crippen LogP contribution is 2.25. The van der Waals surface area contributed by atoms with E-state index in [1.807, 2.05) is 13.8 Å². The normalized spacial score (nSPS) is 12.0. The number of aryl methyl sites for hydroxylation is 1. The molecular weight excluding hydrogens is 310 g/mol. The van der Waals surface area contributed by atoms with Crippen molar-refractivity contribution < 1.29 is 19.4 Å². The maximum atomic E-state index is 12.5. The second-order valence-electron chi connectivity index (χ2n) is 5.94. The van der Waals surface area contributed by atoms with Crippen molar-refractivity contribution in [2.75, 3.05) is 0 Å². The molecule has 1 heterocycles. The Morgan fingerprint density at radius 3 is 2.62 bits per heavy atom. The standard InChI is InChI=1S/C17H21N3O4/c1-11(2)8-14(17(22)23)19-16(21)13-6-4-5-7-15(13)24-12-9-18-20(3)10-12/h4-7,9-11,14H,8H2,1-3H3,(H,19,21)(H,22,23)/t14-/m1/s1. The number of carboxylic acid groups (broad SMARTS) is 1. The number of hydrogen-bond acceptors (Lipinski definition) is 4. The van der Waals surface area contributed by atoms with E-state index in [4.69, 9.17) is 4.74 Å². The molecule has 0 unspecified atom stereocenters.